The van der Waals surface area contributed by atoms with Crippen LogP contribution in [0.4, 0.5) is 20.4 Å². The van der Waals surface area contributed by atoms with Crippen LogP contribution in [0.15, 0.2) is 49.1 Å². The number of ether oxygens (including phenoxy) is 3. The van der Waals surface area contributed by atoms with Crippen molar-refractivity contribution in [3.63, 3.8) is 0 Å². The van der Waals surface area contributed by atoms with Crippen molar-refractivity contribution in [2.75, 3.05) is 26.6 Å². The van der Waals surface area contributed by atoms with Crippen LogP contribution >= 0.6 is 0 Å². The molecule has 3 heterocycles. The number of hydrogen-bond acceptors (Lipinski definition) is 8. The van der Waals surface area contributed by atoms with Crippen molar-refractivity contribution in [2.24, 2.45) is 0 Å². The van der Waals surface area contributed by atoms with E-state index in [1.165, 1.54) is 31.5 Å². The first-order valence-electron chi connectivity index (χ1n) is 11.7. The molecule has 0 saturated carbocycles. The molecular weight excluding hydrogens is 496 g/mol. The molecule has 0 aliphatic heterocycles. The molecule has 196 valence electrons. The van der Waals surface area contributed by atoms with E-state index in [0.29, 0.717) is 40.1 Å². The van der Waals surface area contributed by atoms with E-state index in [0.717, 1.165) is 10.4 Å². The van der Waals surface area contributed by atoms with Crippen LogP contribution < -0.4 is 19.5 Å². The molecule has 0 aliphatic rings. The van der Waals surface area contributed by atoms with E-state index in [4.69, 9.17) is 14.2 Å². The van der Waals surface area contributed by atoms with Gasteiger partial charge in [0.05, 0.1) is 44.8 Å². The molecule has 10 nitrogen and oxygen atoms in total. The Kier molecular flexibility index (Phi) is 6.53. The Morgan fingerprint density at radius 3 is 2.24 bits per heavy atom. The lowest BCUT2D eigenvalue weighted by Crippen LogP contribution is -2.07. The van der Waals surface area contributed by atoms with Crippen molar-refractivity contribution in [3.8, 4) is 28.6 Å². The summed E-state index contributed by atoms with van der Waals surface area (Å²) < 4.78 is 48.4. The van der Waals surface area contributed by atoms with Crippen LogP contribution in [0.3, 0.4) is 0 Å². The number of aromatic nitrogens is 6. The van der Waals surface area contributed by atoms with Gasteiger partial charge in [-0.1, -0.05) is 19.9 Å². The second-order valence-corrected chi connectivity index (χ2v) is 8.62. The van der Waals surface area contributed by atoms with Crippen molar-refractivity contribution in [3.05, 3.63) is 66.5 Å². The zero-order valence-corrected chi connectivity index (χ0v) is 21.4. The third-order valence-corrected chi connectivity index (χ3v) is 5.89. The Labute approximate surface area is 216 Å². The molecule has 5 rings (SSSR count). The molecule has 38 heavy (non-hydrogen) atoms. The van der Waals surface area contributed by atoms with Crippen LogP contribution in [0.25, 0.3) is 22.4 Å². The van der Waals surface area contributed by atoms with Gasteiger partial charge in [-0.2, -0.15) is 5.10 Å². The van der Waals surface area contributed by atoms with E-state index in [2.05, 4.69) is 25.4 Å². The van der Waals surface area contributed by atoms with Gasteiger partial charge >= 0.3 is 0 Å². The minimum absolute atomic E-state index is 0.0643. The van der Waals surface area contributed by atoms with Crippen LogP contribution in [0.5, 0.6) is 17.2 Å². The topological polar surface area (TPSA) is 101 Å². The van der Waals surface area contributed by atoms with Crippen molar-refractivity contribution < 1.29 is 23.0 Å². The van der Waals surface area contributed by atoms with E-state index in [9.17, 15) is 8.78 Å². The number of nitrogens with one attached hydrogen (secondary N) is 1. The number of fused-ring (bicyclic) bond motifs is 1. The second kappa shape index (κ2) is 9.96. The summed E-state index contributed by atoms with van der Waals surface area (Å²) in [5, 5.41) is 7.89. The quantitative estimate of drug-likeness (QED) is 0.298. The van der Waals surface area contributed by atoms with Gasteiger partial charge in [-0.25, -0.2) is 28.4 Å². The molecule has 0 saturated heterocycles. The molecule has 0 amide bonds. The summed E-state index contributed by atoms with van der Waals surface area (Å²) in [4.78, 5) is 13.6. The number of benzene rings is 2. The van der Waals surface area contributed by atoms with Gasteiger partial charge in [0.2, 0.25) is 5.75 Å². The highest BCUT2D eigenvalue weighted by molar-refractivity contribution is 5.89. The van der Waals surface area contributed by atoms with Gasteiger partial charge in [0.1, 0.15) is 29.5 Å². The van der Waals surface area contributed by atoms with Crippen LogP contribution in [-0.2, 0) is 0 Å². The number of anilines is 2. The van der Waals surface area contributed by atoms with Crippen LogP contribution in [0.1, 0.15) is 25.6 Å². The van der Waals surface area contributed by atoms with Gasteiger partial charge in [-0.05, 0) is 12.1 Å². The zero-order chi connectivity index (χ0) is 27.0. The van der Waals surface area contributed by atoms with Gasteiger partial charge in [0, 0.05) is 18.1 Å². The number of imidazole rings is 1. The van der Waals surface area contributed by atoms with Gasteiger partial charge in [-0.15, -0.1) is 0 Å². The molecule has 0 spiro atoms. The fourth-order valence-electron chi connectivity index (χ4n) is 4.00. The maximum absolute atomic E-state index is 14.6. The first-order valence-corrected chi connectivity index (χ1v) is 11.7. The SMILES string of the molecule is COc1cc(-n2cnc(Nc3nc(C(C)C)nc4c3cnn4-c3c(F)cccc3F)c2)cc(OC)c1OC. The minimum atomic E-state index is -0.752. The van der Waals surface area contributed by atoms with E-state index >= 15 is 0 Å². The van der Waals surface area contributed by atoms with E-state index < -0.39 is 11.6 Å². The Balaban J connectivity index is 1.57. The van der Waals surface area contributed by atoms with Gasteiger partial charge in [-0.3, -0.25) is 0 Å². The van der Waals surface area contributed by atoms with Crippen molar-refractivity contribution >= 4 is 22.7 Å². The Morgan fingerprint density at radius 2 is 1.63 bits per heavy atom. The third kappa shape index (κ3) is 4.33. The number of para-hydroxylation sites is 1. The summed E-state index contributed by atoms with van der Waals surface area (Å²) in [6, 6.07) is 7.22. The van der Waals surface area contributed by atoms with Gasteiger partial charge in [0.15, 0.2) is 28.8 Å². The number of nitrogens with zero attached hydrogens (tertiary/aromatic N) is 6. The predicted molar refractivity (Wildman–Crippen MR) is 137 cm³/mol. The highest BCUT2D eigenvalue weighted by atomic mass is 19.1. The minimum Gasteiger partial charge on any atom is -0.493 e. The van der Waals surface area contributed by atoms with Gasteiger partial charge in [0.25, 0.3) is 0 Å². The molecule has 2 aromatic carbocycles. The average molecular weight is 522 g/mol. The van der Waals surface area contributed by atoms with Crippen molar-refractivity contribution in [1.29, 1.82) is 0 Å². The van der Waals surface area contributed by atoms with Crippen LogP contribution in [0.2, 0.25) is 0 Å². The smallest absolute Gasteiger partial charge is 0.203 e. The first kappa shape index (κ1) is 24.9. The molecule has 0 unspecified atom stereocenters. The maximum atomic E-state index is 14.6. The standard InChI is InChI=1S/C26H25F2N7O3/c1-14(2)24-32-25(16-11-30-35(26(16)33-24)22-17(27)7-6-8-18(22)28)31-21-12-34(13-29-21)15-9-19(36-3)23(38-5)20(10-15)37-4/h6-14H,1-5H3,(H,31,32,33). The Hall–Kier alpha value is -4.74. The third-order valence-electron chi connectivity index (χ3n) is 5.89. The van der Waals surface area contributed by atoms with Crippen molar-refractivity contribution in [1.82, 2.24) is 29.3 Å². The fraction of sp³-hybridized carbons (Fsp3) is 0.231. The summed E-state index contributed by atoms with van der Waals surface area (Å²) in [7, 11) is 4.62. The van der Waals surface area contributed by atoms with Crippen LogP contribution in [-0.4, -0.2) is 50.6 Å². The lowest BCUT2D eigenvalue weighted by molar-refractivity contribution is 0.324. The normalized spacial score (nSPS) is 11.3. The van der Waals surface area contributed by atoms with E-state index in [1.54, 1.807) is 43.4 Å². The Bertz CT molecular complexity index is 1590. The lowest BCUT2D eigenvalue weighted by Gasteiger charge is -2.14. The molecule has 0 bridgehead atoms. The van der Waals surface area contributed by atoms with E-state index in [1.807, 2.05) is 13.8 Å². The van der Waals surface area contributed by atoms with Crippen molar-refractivity contribution in [2.45, 2.75) is 19.8 Å². The molecule has 1 N–H and O–H groups in total. The van der Waals surface area contributed by atoms with E-state index in [-0.39, 0.29) is 17.3 Å². The second-order valence-electron chi connectivity index (χ2n) is 8.62. The maximum Gasteiger partial charge on any atom is 0.203 e. The number of rotatable bonds is 8. The number of halogens is 2. The molecule has 0 radical (unpaired) electrons. The fourth-order valence-corrected chi connectivity index (χ4v) is 4.00. The molecule has 0 aliphatic carbocycles. The average Bonchev–Trinajstić information content (AvgIpc) is 3.55. The summed E-state index contributed by atoms with van der Waals surface area (Å²) >= 11 is 0. The predicted octanol–water partition coefficient (Wildman–Crippen LogP) is 5.17. The van der Waals surface area contributed by atoms with Crippen LogP contribution in [0, 0.1) is 11.6 Å². The summed E-state index contributed by atoms with van der Waals surface area (Å²) in [6.07, 6.45) is 4.83. The largest absolute Gasteiger partial charge is 0.493 e. The first-order chi connectivity index (χ1) is 18.3. The molecular formula is C26H25F2N7O3. The lowest BCUT2D eigenvalue weighted by atomic mass is 10.2. The molecule has 0 atom stereocenters. The zero-order valence-electron chi connectivity index (χ0n) is 21.4. The van der Waals surface area contributed by atoms with Gasteiger partial charge < -0.3 is 24.1 Å². The highest BCUT2D eigenvalue weighted by Crippen LogP contribution is 2.39. The monoisotopic (exact) mass is 521 g/mol. The molecule has 12 heteroatoms. The molecule has 5 aromatic rings. The highest BCUT2D eigenvalue weighted by Gasteiger charge is 2.21. The number of hydrogen-bond donors (Lipinski definition) is 1. The summed E-state index contributed by atoms with van der Waals surface area (Å²) in [5.74, 6) is 1.25. The number of methoxy groups -OCH3 is 3. The summed E-state index contributed by atoms with van der Waals surface area (Å²) in [6.45, 7) is 3.85. The Morgan fingerprint density at radius 1 is 0.947 bits per heavy atom. The molecule has 0 fully saturated rings. The molecule has 3 aromatic heterocycles. The summed E-state index contributed by atoms with van der Waals surface area (Å²) in [5.41, 5.74) is 0.673.